The molecule has 1 N–H and O–H groups in total. The van der Waals surface area contributed by atoms with E-state index in [1.807, 2.05) is 20.8 Å². The van der Waals surface area contributed by atoms with Crippen molar-refractivity contribution in [1.29, 1.82) is 0 Å². The molecule has 112 valence electrons. The highest BCUT2D eigenvalue weighted by molar-refractivity contribution is 5.76. The van der Waals surface area contributed by atoms with Gasteiger partial charge in [-0.25, -0.2) is 0 Å². The maximum absolute atomic E-state index is 12.2. The van der Waals surface area contributed by atoms with Gasteiger partial charge >= 0.3 is 5.97 Å². The van der Waals surface area contributed by atoms with Crippen molar-refractivity contribution < 1.29 is 9.53 Å². The lowest BCUT2D eigenvalue weighted by molar-refractivity contribution is -0.159. The number of carbonyl (C=O) groups excluding carboxylic acids is 1. The smallest absolute Gasteiger partial charge is 0.323 e. The summed E-state index contributed by atoms with van der Waals surface area (Å²) in [5.41, 5.74) is -0.414. The molecule has 0 spiro atoms. The van der Waals surface area contributed by atoms with Crippen LogP contribution >= 0.6 is 0 Å². The molecule has 0 aromatic carbocycles. The zero-order valence-corrected chi connectivity index (χ0v) is 13.5. The van der Waals surface area contributed by atoms with Crippen LogP contribution in [0.25, 0.3) is 0 Å². The molecular weight excluding hydrogens is 238 g/mol. The summed E-state index contributed by atoms with van der Waals surface area (Å²) in [7, 11) is 0. The average molecular weight is 269 g/mol. The van der Waals surface area contributed by atoms with E-state index < -0.39 is 5.60 Å². The van der Waals surface area contributed by atoms with Gasteiger partial charge in [-0.2, -0.15) is 0 Å². The molecule has 0 aromatic heterocycles. The van der Waals surface area contributed by atoms with Crippen molar-refractivity contribution in [2.75, 3.05) is 0 Å². The third-order valence-electron chi connectivity index (χ3n) is 3.70. The number of hydrogen-bond donors (Lipinski definition) is 1. The molecule has 0 heterocycles. The lowest BCUT2D eigenvalue weighted by atomic mass is 9.81. The zero-order valence-electron chi connectivity index (χ0n) is 13.5. The average Bonchev–Trinajstić information content (AvgIpc) is 2.16. The van der Waals surface area contributed by atoms with Crippen LogP contribution in [0.1, 0.15) is 67.2 Å². The first-order valence-electron chi connectivity index (χ1n) is 7.68. The van der Waals surface area contributed by atoms with Crippen LogP contribution in [0.2, 0.25) is 0 Å². The monoisotopic (exact) mass is 269 g/mol. The van der Waals surface area contributed by atoms with Gasteiger partial charge in [0.25, 0.3) is 0 Å². The minimum atomic E-state index is -0.414. The zero-order chi connectivity index (χ0) is 14.6. The van der Waals surface area contributed by atoms with E-state index in [4.69, 9.17) is 4.74 Å². The van der Waals surface area contributed by atoms with Crippen LogP contribution < -0.4 is 5.32 Å². The van der Waals surface area contributed by atoms with Crippen molar-refractivity contribution in [3.63, 3.8) is 0 Å². The summed E-state index contributed by atoms with van der Waals surface area (Å²) in [5.74, 6) is 0.982. The van der Waals surface area contributed by atoms with Gasteiger partial charge in [0, 0.05) is 6.04 Å². The van der Waals surface area contributed by atoms with Crippen LogP contribution in [0.4, 0.5) is 0 Å². The maximum Gasteiger partial charge on any atom is 0.323 e. The van der Waals surface area contributed by atoms with E-state index in [2.05, 4.69) is 26.1 Å². The van der Waals surface area contributed by atoms with Gasteiger partial charge in [-0.05, 0) is 46.0 Å². The molecule has 3 heteroatoms. The van der Waals surface area contributed by atoms with Gasteiger partial charge in [-0.15, -0.1) is 0 Å². The van der Waals surface area contributed by atoms with Crippen molar-refractivity contribution in [3.8, 4) is 0 Å². The minimum absolute atomic E-state index is 0.122. The Morgan fingerprint density at radius 3 is 2.21 bits per heavy atom. The lowest BCUT2D eigenvalue weighted by Gasteiger charge is -2.32. The number of rotatable bonds is 6. The highest BCUT2D eigenvalue weighted by Crippen LogP contribution is 2.30. The minimum Gasteiger partial charge on any atom is -0.459 e. The molecule has 0 saturated heterocycles. The van der Waals surface area contributed by atoms with E-state index in [9.17, 15) is 4.79 Å². The van der Waals surface area contributed by atoms with E-state index in [-0.39, 0.29) is 17.9 Å². The molecule has 2 atom stereocenters. The van der Waals surface area contributed by atoms with Crippen LogP contribution in [0, 0.1) is 11.8 Å². The maximum atomic E-state index is 12.2. The number of nitrogens with one attached hydrogen (secondary N) is 1. The second-order valence-corrected chi connectivity index (χ2v) is 7.36. The summed E-state index contributed by atoms with van der Waals surface area (Å²) in [6, 6.07) is 0.180. The molecular formula is C16H31NO2. The third-order valence-corrected chi connectivity index (χ3v) is 3.70. The Kier molecular flexibility index (Phi) is 5.84. The normalized spacial score (nSPS) is 19.9. The highest BCUT2D eigenvalue weighted by atomic mass is 16.6. The van der Waals surface area contributed by atoms with Crippen LogP contribution in [-0.2, 0) is 9.53 Å². The van der Waals surface area contributed by atoms with Gasteiger partial charge in [-0.1, -0.05) is 33.1 Å². The Bertz CT molecular complexity index is 290. The summed E-state index contributed by atoms with van der Waals surface area (Å²) < 4.78 is 5.51. The van der Waals surface area contributed by atoms with Crippen molar-refractivity contribution in [2.24, 2.45) is 11.8 Å². The van der Waals surface area contributed by atoms with Crippen molar-refractivity contribution >= 4 is 5.97 Å². The van der Waals surface area contributed by atoms with Gasteiger partial charge in [0.2, 0.25) is 0 Å². The van der Waals surface area contributed by atoms with E-state index >= 15 is 0 Å². The number of carbonyl (C=O) groups is 1. The second kappa shape index (κ2) is 6.74. The fourth-order valence-corrected chi connectivity index (χ4v) is 2.50. The van der Waals surface area contributed by atoms with E-state index in [1.165, 1.54) is 25.7 Å². The topological polar surface area (TPSA) is 38.3 Å². The Morgan fingerprint density at radius 2 is 1.84 bits per heavy atom. The van der Waals surface area contributed by atoms with E-state index in [0.717, 1.165) is 5.92 Å². The molecule has 1 aliphatic carbocycles. The molecule has 19 heavy (non-hydrogen) atoms. The molecule has 0 aliphatic heterocycles. The van der Waals surface area contributed by atoms with Gasteiger partial charge in [0.1, 0.15) is 11.6 Å². The summed E-state index contributed by atoms with van der Waals surface area (Å²) in [6.07, 6.45) is 5.25. The Labute approximate surface area is 118 Å². The van der Waals surface area contributed by atoms with Crippen LogP contribution in [-0.4, -0.2) is 23.7 Å². The number of esters is 1. The standard InChI is InChI=1S/C16H31NO2/c1-11(2)14(15(18)19-16(4,5)6)17-12(3)10-13-8-7-9-13/h11-14,17H,7-10H2,1-6H3/t12-,14-/m0/s1. The molecule has 1 fully saturated rings. The summed E-state index contributed by atoms with van der Waals surface area (Å²) in [5, 5.41) is 3.46. The highest BCUT2D eigenvalue weighted by Gasteiger charge is 2.29. The van der Waals surface area contributed by atoms with E-state index in [0.29, 0.717) is 6.04 Å². The molecule has 3 nitrogen and oxygen atoms in total. The Balaban J connectivity index is 2.48. The first-order chi connectivity index (χ1) is 8.69. The summed E-state index contributed by atoms with van der Waals surface area (Å²) in [4.78, 5) is 12.2. The van der Waals surface area contributed by atoms with Gasteiger partial charge in [-0.3, -0.25) is 4.79 Å². The number of hydrogen-bond acceptors (Lipinski definition) is 3. The lowest BCUT2D eigenvalue weighted by Crippen LogP contribution is -2.48. The number of ether oxygens (including phenoxy) is 1. The Morgan fingerprint density at radius 1 is 1.26 bits per heavy atom. The van der Waals surface area contributed by atoms with Crippen molar-refractivity contribution in [2.45, 2.75) is 84.9 Å². The fraction of sp³-hybridized carbons (Fsp3) is 0.938. The largest absolute Gasteiger partial charge is 0.459 e. The second-order valence-electron chi connectivity index (χ2n) is 7.36. The first kappa shape index (κ1) is 16.5. The van der Waals surface area contributed by atoms with Gasteiger partial charge in [0.05, 0.1) is 0 Å². The van der Waals surface area contributed by atoms with Crippen molar-refractivity contribution in [3.05, 3.63) is 0 Å². The quantitative estimate of drug-likeness (QED) is 0.750. The SMILES string of the molecule is CC(C)[C@H](N[C@@H](C)CC1CCC1)C(=O)OC(C)(C)C. The molecule has 0 bridgehead atoms. The molecule has 1 saturated carbocycles. The summed E-state index contributed by atoms with van der Waals surface area (Å²) in [6.45, 7) is 12.1. The molecule has 1 rings (SSSR count). The molecule has 0 aromatic rings. The van der Waals surface area contributed by atoms with Crippen molar-refractivity contribution in [1.82, 2.24) is 5.32 Å². The van der Waals surface area contributed by atoms with E-state index in [1.54, 1.807) is 0 Å². The van der Waals surface area contributed by atoms with Gasteiger partial charge < -0.3 is 10.1 Å². The first-order valence-corrected chi connectivity index (χ1v) is 7.68. The molecule has 1 aliphatic rings. The third kappa shape index (κ3) is 5.94. The van der Waals surface area contributed by atoms with Crippen LogP contribution in [0.3, 0.4) is 0 Å². The summed E-state index contributed by atoms with van der Waals surface area (Å²) >= 11 is 0. The van der Waals surface area contributed by atoms with Crippen LogP contribution in [0.15, 0.2) is 0 Å². The Hall–Kier alpha value is -0.570. The molecule has 0 amide bonds. The van der Waals surface area contributed by atoms with Gasteiger partial charge in [0.15, 0.2) is 0 Å². The fourth-order valence-electron chi connectivity index (χ4n) is 2.50. The predicted molar refractivity (Wildman–Crippen MR) is 79.0 cm³/mol. The molecule has 0 unspecified atom stereocenters. The molecule has 0 radical (unpaired) electrons. The van der Waals surface area contributed by atoms with Crippen LogP contribution in [0.5, 0.6) is 0 Å². The predicted octanol–water partition coefficient (Wildman–Crippen LogP) is 3.52.